The molecule has 2 aliphatic carbocycles. The molecule has 0 aliphatic heterocycles. The zero-order valence-electron chi connectivity index (χ0n) is 30.9. The highest BCUT2D eigenvalue weighted by molar-refractivity contribution is 7.13. The van der Waals surface area contributed by atoms with Gasteiger partial charge in [0.2, 0.25) is 0 Å². The lowest BCUT2D eigenvalue weighted by Gasteiger charge is -2.25. The molecule has 0 unspecified atom stereocenters. The highest BCUT2D eigenvalue weighted by atomic mass is 32.1. The lowest BCUT2D eigenvalue weighted by molar-refractivity contribution is -0.254. The highest BCUT2D eigenvalue weighted by Gasteiger charge is 2.81. The molecule has 0 saturated heterocycles. The van der Waals surface area contributed by atoms with Crippen molar-refractivity contribution in [3.8, 4) is 48.4 Å². The lowest BCUT2D eigenvalue weighted by Crippen LogP contribution is -2.48. The third kappa shape index (κ3) is 6.26. The summed E-state index contributed by atoms with van der Waals surface area (Å²) in [6, 6.07) is 10.2. The van der Waals surface area contributed by atoms with Gasteiger partial charge < -0.3 is 0 Å². The zero-order chi connectivity index (χ0) is 44.1. The molecule has 0 amide bonds. The number of hydrogen-bond acceptors (Lipinski definition) is 4. The normalized spacial score (nSPS) is 19.0. The highest BCUT2D eigenvalue weighted by Crippen LogP contribution is 2.67. The van der Waals surface area contributed by atoms with Crippen LogP contribution in [0.4, 0.5) is 52.7 Å². The van der Waals surface area contributed by atoms with Crippen LogP contribution in [0.5, 0.6) is 0 Å². The largest absolute Gasteiger partial charge is 0.380 e. The number of hydrogen-bond donors (Lipinski definition) is 0. The average Bonchev–Trinajstić information content (AvgIpc) is 3.97. The summed E-state index contributed by atoms with van der Waals surface area (Å²) in [7, 11) is 0. The zero-order valence-corrected chi connectivity index (χ0v) is 34.2. The second-order valence-corrected chi connectivity index (χ2v) is 18.7. The predicted molar refractivity (Wildman–Crippen MR) is 214 cm³/mol. The molecule has 0 spiro atoms. The SMILES string of the molecule is C#Cc1cc(C2=C(c3cc(C#Cc4cccc(C#Cc5cc(C6=C(c7cc(C#C)sc7C)C(F)(F)C(F)(F)C6(F)F)c(C)s5)c4)sc3C)C(F)(F)C(F)(F)C2(F)F)c(C)s1. The van der Waals surface area contributed by atoms with Crippen molar-refractivity contribution in [2.45, 2.75) is 63.2 Å². The summed E-state index contributed by atoms with van der Waals surface area (Å²) in [6.07, 6.45) is 10.7. The van der Waals surface area contributed by atoms with Gasteiger partial charge in [-0.3, -0.25) is 0 Å². The van der Waals surface area contributed by atoms with E-state index in [1.165, 1.54) is 52.0 Å². The third-order valence-electron chi connectivity index (χ3n) is 9.89. The van der Waals surface area contributed by atoms with Gasteiger partial charge in [-0.25, -0.2) is 0 Å². The van der Waals surface area contributed by atoms with Gasteiger partial charge in [-0.15, -0.1) is 58.2 Å². The Morgan fingerprint density at radius 1 is 0.400 bits per heavy atom. The lowest BCUT2D eigenvalue weighted by atomic mass is 9.95. The van der Waals surface area contributed by atoms with Gasteiger partial charge >= 0.3 is 35.5 Å². The molecule has 0 fully saturated rings. The van der Waals surface area contributed by atoms with Crippen LogP contribution in [-0.2, 0) is 0 Å². The van der Waals surface area contributed by atoms with E-state index in [0.29, 0.717) is 11.1 Å². The van der Waals surface area contributed by atoms with Gasteiger partial charge in [0.1, 0.15) is 0 Å². The molecule has 60 heavy (non-hydrogen) atoms. The molecule has 7 rings (SSSR count). The molecule has 0 bridgehead atoms. The molecule has 0 atom stereocenters. The van der Waals surface area contributed by atoms with E-state index in [-0.39, 0.29) is 39.0 Å². The van der Waals surface area contributed by atoms with Crippen LogP contribution in [0.15, 0.2) is 48.5 Å². The van der Waals surface area contributed by atoms with Gasteiger partial charge in [0.25, 0.3) is 0 Å². The quantitative estimate of drug-likeness (QED) is 0.125. The summed E-state index contributed by atoms with van der Waals surface area (Å²) >= 11 is 3.27. The number of rotatable bonds is 4. The van der Waals surface area contributed by atoms with Gasteiger partial charge in [-0.05, 0) is 92.4 Å². The van der Waals surface area contributed by atoms with E-state index in [1.54, 1.807) is 0 Å². The number of alkyl halides is 12. The monoisotopic (exact) mass is 906 g/mol. The first-order chi connectivity index (χ1) is 27.8. The van der Waals surface area contributed by atoms with Gasteiger partial charge in [0.15, 0.2) is 0 Å². The van der Waals surface area contributed by atoms with E-state index in [0.717, 1.165) is 69.6 Å². The van der Waals surface area contributed by atoms with Gasteiger partial charge in [-0.1, -0.05) is 41.6 Å². The summed E-state index contributed by atoms with van der Waals surface area (Å²) in [5, 5.41) is 0. The van der Waals surface area contributed by atoms with Crippen molar-refractivity contribution in [1.29, 1.82) is 0 Å². The van der Waals surface area contributed by atoms with E-state index >= 15 is 35.1 Å². The van der Waals surface area contributed by atoms with E-state index in [2.05, 4.69) is 35.5 Å². The summed E-state index contributed by atoms with van der Waals surface area (Å²) < 4.78 is 183. The van der Waals surface area contributed by atoms with Crippen LogP contribution in [0.25, 0.3) is 22.3 Å². The molecular formula is C44H22F12S4. The molecule has 1 aromatic carbocycles. The first-order valence-corrected chi connectivity index (χ1v) is 20.4. The average molecular weight is 907 g/mol. The number of thiophene rings is 4. The summed E-state index contributed by atoms with van der Waals surface area (Å²) in [5.74, 6) is -17.1. The second kappa shape index (κ2) is 14.2. The topological polar surface area (TPSA) is 0 Å². The Morgan fingerprint density at radius 2 is 0.667 bits per heavy atom. The van der Waals surface area contributed by atoms with Crippen LogP contribution in [0.1, 0.15) is 72.4 Å². The van der Waals surface area contributed by atoms with Crippen LogP contribution in [0.3, 0.4) is 0 Å². The Labute approximate surface area is 351 Å². The molecular weight excluding hydrogens is 885 g/mol. The number of allylic oxidation sites excluding steroid dienone is 4. The van der Waals surface area contributed by atoms with Gasteiger partial charge in [0.05, 0.1) is 19.5 Å². The van der Waals surface area contributed by atoms with Crippen molar-refractivity contribution in [1.82, 2.24) is 0 Å². The Hall–Kier alpha value is -5.10. The molecule has 0 N–H and O–H groups in total. The molecule has 0 radical (unpaired) electrons. The maximum absolute atomic E-state index is 15.4. The van der Waals surface area contributed by atoms with Crippen molar-refractivity contribution in [2.24, 2.45) is 0 Å². The van der Waals surface area contributed by atoms with E-state index in [9.17, 15) is 17.6 Å². The van der Waals surface area contributed by atoms with Gasteiger partial charge in [0, 0.05) is 52.9 Å². The Kier molecular flexibility index (Phi) is 10.2. The van der Waals surface area contributed by atoms with Crippen LogP contribution in [0.2, 0.25) is 0 Å². The second-order valence-electron chi connectivity index (χ2n) is 13.6. The number of benzene rings is 1. The molecule has 4 heterocycles. The van der Waals surface area contributed by atoms with Crippen molar-refractivity contribution in [3.05, 3.63) is 121 Å². The summed E-state index contributed by atoms with van der Waals surface area (Å²) in [4.78, 5) is 0.466. The van der Waals surface area contributed by atoms with Crippen LogP contribution < -0.4 is 0 Å². The summed E-state index contributed by atoms with van der Waals surface area (Å²) in [5.41, 5.74) is -7.58. The van der Waals surface area contributed by atoms with Crippen molar-refractivity contribution in [3.63, 3.8) is 0 Å². The van der Waals surface area contributed by atoms with Gasteiger partial charge in [-0.2, -0.15) is 52.7 Å². The number of terminal acetylenes is 2. The maximum atomic E-state index is 15.4. The van der Waals surface area contributed by atoms with E-state index < -0.39 is 80.1 Å². The standard InChI is InChI=1S/C44H22F12S4/c1-7-27-17-31(21(3)57-27)35-37(41(49,50)43(53,54)39(35,45)46)33-19-29(59-23(33)5)14-12-25-10-9-11-26(16-25)13-15-30-20-34(24(6)60-30)38-36(32-18-28(8-2)58-22(32)4)40(47,48)44(55,56)42(38,51)52/h1-2,9-11,16-20H,3-6H3. The van der Waals surface area contributed by atoms with Crippen molar-refractivity contribution in [2.75, 3.05) is 0 Å². The first kappa shape index (κ1) is 43.0. The van der Waals surface area contributed by atoms with E-state index in [1.807, 2.05) is 0 Å². The minimum absolute atomic E-state index is 0.0173. The Balaban J connectivity index is 1.23. The molecule has 0 nitrogen and oxygen atoms in total. The molecule has 0 saturated carbocycles. The van der Waals surface area contributed by atoms with Crippen LogP contribution >= 0.6 is 45.3 Å². The Bertz CT molecular complexity index is 2730. The minimum Gasteiger partial charge on any atom is -0.194 e. The fourth-order valence-electron chi connectivity index (χ4n) is 6.99. The van der Waals surface area contributed by atoms with Crippen LogP contribution in [0, 0.1) is 76.1 Å². The molecule has 4 aromatic heterocycles. The van der Waals surface area contributed by atoms with Crippen molar-refractivity contribution < 1.29 is 52.7 Å². The predicted octanol–water partition coefficient (Wildman–Crippen LogP) is 13.6. The molecule has 5 aromatic rings. The van der Waals surface area contributed by atoms with E-state index in [4.69, 9.17) is 12.8 Å². The maximum Gasteiger partial charge on any atom is 0.380 e. The number of halogens is 12. The molecule has 16 heteroatoms. The minimum atomic E-state index is -5.76. The van der Waals surface area contributed by atoms with Crippen LogP contribution in [-0.4, -0.2) is 35.5 Å². The smallest absolute Gasteiger partial charge is 0.194 e. The molecule has 306 valence electrons. The van der Waals surface area contributed by atoms with Crippen molar-refractivity contribution >= 4 is 67.6 Å². The first-order valence-electron chi connectivity index (χ1n) is 17.1. The number of aryl methyl sites for hydroxylation is 4. The fourth-order valence-corrected chi connectivity index (χ4v) is 10.4. The molecule has 2 aliphatic rings. The Morgan fingerprint density at radius 3 is 0.933 bits per heavy atom. The third-order valence-corrected chi connectivity index (χ3v) is 13.8. The summed E-state index contributed by atoms with van der Waals surface area (Å²) in [6.45, 7) is 5.24. The fraction of sp³-hybridized carbons (Fsp3) is 0.227.